The molecule has 1 N–H and O–H groups in total. The van der Waals surface area contributed by atoms with Crippen LogP contribution in [0.2, 0.25) is 0 Å². The number of ether oxygens (including phenoxy) is 3. The molecule has 2 heterocycles. The first-order chi connectivity index (χ1) is 16.9. The van der Waals surface area contributed by atoms with Crippen molar-refractivity contribution in [3.63, 3.8) is 0 Å². The first kappa shape index (κ1) is 24.5. The van der Waals surface area contributed by atoms with Crippen LogP contribution in [0.1, 0.15) is 36.6 Å². The first-order valence-electron chi connectivity index (χ1n) is 11.1. The SMILES string of the molecule is C=CCOC(=O)C1=C(C)Nc2nnnn2C1c1cc(Br)c(OCc2ccc(C)cc2)c(OCC)c1. The first-order valence-corrected chi connectivity index (χ1v) is 11.9. The van der Waals surface area contributed by atoms with E-state index in [9.17, 15) is 4.79 Å². The molecule has 2 aromatic carbocycles. The highest BCUT2D eigenvalue weighted by Gasteiger charge is 2.36. The van der Waals surface area contributed by atoms with Gasteiger partial charge in [-0.3, -0.25) is 0 Å². The van der Waals surface area contributed by atoms with Gasteiger partial charge in [0.2, 0.25) is 5.95 Å². The molecule has 1 aliphatic heterocycles. The van der Waals surface area contributed by atoms with Crippen LogP contribution >= 0.6 is 15.9 Å². The number of aryl methyl sites for hydroxylation is 1. The molecule has 0 spiro atoms. The van der Waals surface area contributed by atoms with Crippen LogP contribution in [-0.4, -0.2) is 39.4 Å². The molecule has 0 saturated heterocycles. The monoisotopic (exact) mass is 539 g/mol. The van der Waals surface area contributed by atoms with E-state index in [1.165, 1.54) is 11.6 Å². The van der Waals surface area contributed by atoms with Crippen LogP contribution in [0.25, 0.3) is 0 Å². The van der Waals surface area contributed by atoms with Crippen LogP contribution in [0.3, 0.4) is 0 Å². The van der Waals surface area contributed by atoms with E-state index in [1.807, 2.05) is 50.2 Å². The van der Waals surface area contributed by atoms with Crippen molar-refractivity contribution in [2.45, 2.75) is 33.4 Å². The highest BCUT2D eigenvalue weighted by Crippen LogP contribution is 2.43. The van der Waals surface area contributed by atoms with Gasteiger partial charge in [-0.05, 0) is 70.4 Å². The molecule has 3 aromatic rings. The van der Waals surface area contributed by atoms with Gasteiger partial charge in [-0.2, -0.15) is 4.68 Å². The largest absolute Gasteiger partial charge is 0.490 e. The summed E-state index contributed by atoms with van der Waals surface area (Å²) >= 11 is 3.64. The number of carbonyl (C=O) groups is 1. The van der Waals surface area contributed by atoms with E-state index in [0.717, 1.165) is 11.1 Å². The minimum Gasteiger partial charge on any atom is -0.490 e. The van der Waals surface area contributed by atoms with Crippen molar-refractivity contribution in [2.75, 3.05) is 18.5 Å². The summed E-state index contributed by atoms with van der Waals surface area (Å²) in [4.78, 5) is 13.0. The predicted molar refractivity (Wildman–Crippen MR) is 134 cm³/mol. The third-order valence-electron chi connectivity index (χ3n) is 5.42. The minimum atomic E-state index is -0.639. The van der Waals surface area contributed by atoms with Crippen molar-refractivity contribution < 1.29 is 19.0 Å². The summed E-state index contributed by atoms with van der Waals surface area (Å²) in [6.07, 6.45) is 1.52. The maximum Gasteiger partial charge on any atom is 0.338 e. The molecular formula is C25H26BrN5O4. The topological polar surface area (TPSA) is 100 Å². The number of carbonyl (C=O) groups excluding carboxylic acids is 1. The van der Waals surface area contributed by atoms with Gasteiger partial charge in [-0.25, -0.2) is 4.79 Å². The smallest absolute Gasteiger partial charge is 0.338 e. The van der Waals surface area contributed by atoms with Crippen LogP contribution < -0.4 is 14.8 Å². The maximum atomic E-state index is 13.0. The number of hydrogen-bond acceptors (Lipinski definition) is 8. The second-order valence-corrected chi connectivity index (χ2v) is 8.79. The van der Waals surface area contributed by atoms with Gasteiger partial charge in [0, 0.05) is 5.70 Å². The Morgan fingerprint density at radius 1 is 1.23 bits per heavy atom. The van der Waals surface area contributed by atoms with Crippen LogP contribution in [0, 0.1) is 6.92 Å². The van der Waals surface area contributed by atoms with Gasteiger partial charge >= 0.3 is 5.97 Å². The van der Waals surface area contributed by atoms with E-state index >= 15 is 0 Å². The Labute approximate surface area is 211 Å². The molecule has 0 saturated carbocycles. The highest BCUT2D eigenvalue weighted by atomic mass is 79.9. The lowest BCUT2D eigenvalue weighted by Crippen LogP contribution is -2.29. The lowest BCUT2D eigenvalue weighted by Gasteiger charge is -2.28. The number of allylic oxidation sites excluding steroid dienone is 1. The Balaban J connectivity index is 1.74. The second-order valence-electron chi connectivity index (χ2n) is 7.94. The fraction of sp³-hybridized carbons (Fsp3) is 0.280. The summed E-state index contributed by atoms with van der Waals surface area (Å²) in [5, 5.41) is 15.0. The average molecular weight is 540 g/mol. The van der Waals surface area contributed by atoms with Gasteiger partial charge in [0.15, 0.2) is 11.5 Å². The molecule has 182 valence electrons. The number of fused-ring (bicyclic) bond motifs is 1. The van der Waals surface area contributed by atoms with E-state index in [-0.39, 0.29) is 6.61 Å². The second kappa shape index (κ2) is 10.7. The molecule has 9 nitrogen and oxygen atoms in total. The van der Waals surface area contributed by atoms with Gasteiger partial charge in [0.1, 0.15) is 19.3 Å². The van der Waals surface area contributed by atoms with Gasteiger partial charge < -0.3 is 19.5 Å². The van der Waals surface area contributed by atoms with Crippen LogP contribution in [0.5, 0.6) is 11.5 Å². The number of rotatable bonds is 9. The Morgan fingerprint density at radius 3 is 2.71 bits per heavy atom. The molecule has 1 unspecified atom stereocenters. The Hall–Kier alpha value is -3.66. The molecule has 0 aliphatic carbocycles. The van der Waals surface area contributed by atoms with Crippen molar-refractivity contribution >= 4 is 27.8 Å². The molecule has 0 radical (unpaired) electrons. The van der Waals surface area contributed by atoms with Crippen molar-refractivity contribution in [1.29, 1.82) is 0 Å². The molecule has 4 rings (SSSR count). The third kappa shape index (κ3) is 5.22. The number of anilines is 1. The number of aromatic nitrogens is 4. The molecule has 1 aromatic heterocycles. The number of hydrogen-bond donors (Lipinski definition) is 1. The van der Waals surface area contributed by atoms with E-state index in [0.29, 0.717) is 46.4 Å². The standard InChI is InChI=1S/C25H26BrN5O4/c1-5-11-34-24(32)21-16(4)27-25-28-29-30-31(25)22(21)18-12-19(26)23(20(13-18)33-6-2)35-14-17-9-7-15(3)8-10-17/h5,7-10,12-13,22H,1,6,11,14H2,2-4H3,(H,27,28,30). The minimum absolute atomic E-state index is 0.0878. The third-order valence-corrected chi connectivity index (χ3v) is 6.01. The summed E-state index contributed by atoms with van der Waals surface area (Å²) in [7, 11) is 0. The molecule has 1 aliphatic rings. The maximum absolute atomic E-state index is 13.0. The molecular weight excluding hydrogens is 514 g/mol. The quantitative estimate of drug-likeness (QED) is 0.307. The number of nitrogens with one attached hydrogen (secondary N) is 1. The summed E-state index contributed by atoms with van der Waals surface area (Å²) in [5.74, 6) is 1.03. The van der Waals surface area contributed by atoms with Crippen molar-refractivity contribution in [1.82, 2.24) is 20.2 Å². The zero-order valence-corrected chi connectivity index (χ0v) is 21.3. The van der Waals surface area contributed by atoms with E-state index in [4.69, 9.17) is 14.2 Å². The average Bonchev–Trinajstić information content (AvgIpc) is 3.30. The van der Waals surface area contributed by atoms with Crippen LogP contribution in [-0.2, 0) is 16.1 Å². The number of nitrogens with zero attached hydrogens (tertiary/aromatic N) is 4. The van der Waals surface area contributed by atoms with Crippen LogP contribution in [0.15, 0.2) is 64.8 Å². The van der Waals surface area contributed by atoms with Crippen molar-refractivity contribution in [3.8, 4) is 11.5 Å². The zero-order valence-electron chi connectivity index (χ0n) is 19.7. The Kier molecular flexibility index (Phi) is 7.50. The fourth-order valence-corrected chi connectivity index (χ4v) is 4.36. The van der Waals surface area contributed by atoms with Crippen LogP contribution in [0.4, 0.5) is 5.95 Å². The lowest BCUT2D eigenvalue weighted by molar-refractivity contribution is -0.138. The summed E-state index contributed by atoms with van der Waals surface area (Å²) in [6.45, 7) is 10.2. The molecule has 0 bridgehead atoms. The Morgan fingerprint density at radius 2 is 2.00 bits per heavy atom. The normalized spacial score (nSPS) is 14.7. The van der Waals surface area contributed by atoms with E-state index in [1.54, 1.807) is 11.6 Å². The molecule has 0 amide bonds. The van der Waals surface area contributed by atoms with Crippen molar-refractivity contribution in [2.24, 2.45) is 0 Å². The molecule has 0 fully saturated rings. The van der Waals surface area contributed by atoms with E-state index < -0.39 is 12.0 Å². The number of benzene rings is 2. The molecule has 1 atom stereocenters. The van der Waals surface area contributed by atoms with Gasteiger partial charge in [0.25, 0.3) is 0 Å². The highest BCUT2D eigenvalue weighted by molar-refractivity contribution is 9.10. The van der Waals surface area contributed by atoms with Gasteiger partial charge in [-0.1, -0.05) is 47.6 Å². The predicted octanol–water partition coefficient (Wildman–Crippen LogP) is 4.74. The number of esters is 1. The summed E-state index contributed by atoms with van der Waals surface area (Å²) < 4.78 is 19.7. The zero-order chi connectivity index (χ0) is 24.9. The number of halogens is 1. The molecule has 35 heavy (non-hydrogen) atoms. The van der Waals surface area contributed by atoms with Gasteiger partial charge in [-0.15, -0.1) is 0 Å². The van der Waals surface area contributed by atoms with Gasteiger partial charge in [0.05, 0.1) is 16.7 Å². The molecule has 10 heteroatoms. The number of tetrazole rings is 1. The summed E-state index contributed by atoms with van der Waals surface area (Å²) in [5.41, 5.74) is 3.93. The van der Waals surface area contributed by atoms with Crippen molar-refractivity contribution in [3.05, 3.63) is 81.5 Å². The Bertz CT molecular complexity index is 1270. The summed E-state index contributed by atoms with van der Waals surface area (Å²) in [6, 6.07) is 11.2. The lowest BCUT2D eigenvalue weighted by atomic mass is 9.95. The van der Waals surface area contributed by atoms with E-state index in [2.05, 4.69) is 43.4 Å². The fourth-order valence-electron chi connectivity index (χ4n) is 3.79.